The number of hydrogen-bond donors (Lipinski definition) is 1. The lowest BCUT2D eigenvalue weighted by atomic mass is 9.92. The molecule has 0 amide bonds. The van der Waals surface area contributed by atoms with Gasteiger partial charge in [0.1, 0.15) is 0 Å². The second kappa shape index (κ2) is 4.61. The molecule has 2 rings (SSSR count). The molecule has 1 aliphatic rings. The third-order valence-electron chi connectivity index (χ3n) is 3.04. The summed E-state index contributed by atoms with van der Waals surface area (Å²) in [6.45, 7) is 4.56. The summed E-state index contributed by atoms with van der Waals surface area (Å²) in [6, 6.07) is 8.96. The Balaban J connectivity index is 1.92. The molecule has 1 aromatic carbocycles. The Morgan fingerprint density at radius 3 is 2.71 bits per heavy atom. The fraction of sp³-hybridized carbons (Fsp3) is 0.538. The molecule has 0 spiro atoms. The van der Waals surface area contributed by atoms with Crippen LogP contribution in [0.15, 0.2) is 24.3 Å². The SMILES string of the molecule is Cc1ccc(CC2CCCNC2)cc1. The van der Waals surface area contributed by atoms with Crippen LogP contribution in [0.4, 0.5) is 0 Å². The molecule has 1 atom stereocenters. The molecule has 1 unspecified atom stereocenters. The Kier molecular flexibility index (Phi) is 3.20. The first kappa shape index (κ1) is 9.72. The van der Waals surface area contributed by atoms with Gasteiger partial charge in [-0.05, 0) is 50.8 Å². The van der Waals surface area contributed by atoms with E-state index in [2.05, 4.69) is 36.5 Å². The lowest BCUT2D eigenvalue weighted by molar-refractivity contribution is 0.376. The molecule has 0 aromatic heterocycles. The largest absolute Gasteiger partial charge is 0.316 e. The van der Waals surface area contributed by atoms with E-state index in [0.717, 1.165) is 5.92 Å². The normalized spacial score (nSPS) is 22.2. The van der Waals surface area contributed by atoms with Crippen molar-refractivity contribution in [3.8, 4) is 0 Å². The number of benzene rings is 1. The molecule has 1 aromatic rings. The summed E-state index contributed by atoms with van der Waals surface area (Å²) >= 11 is 0. The zero-order valence-electron chi connectivity index (χ0n) is 8.92. The highest BCUT2D eigenvalue weighted by Gasteiger charge is 2.12. The molecule has 0 bridgehead atoms. The molecule has 1 heterocycles. The van der Waals surface area contributed by atoms with Crippen LogP contribution >= 0.6 is 0 Å². The molecule has 0 radical (unpaired) electrons. The lowest BCUT2D eigenvalue weighted by Gasteiger charge is -2.22. The number of piperidine rings is 1. The predicted octanol–water partition coefficient (Wildman–Crippen LogP) is 2.54. The van der Waals surface area contributed by atoms with Crippen molar-refractivity contribution in [3.63, 3.8) is 0 Å². The number of hydrogen-bond acceptors (Lipinski definition) is 1. The molecule has 0 aliphatic carbocycles. The van der Waals surface area contributed by atoms with Crippen LogP contribution in [0.2, 0.25) is 0 Å². The van der Waals surface area contributed by atoms with Gasteiger partial charge in [-0.1, -0.05) is 29.8 Å². The second-order valence-electron chi connectivity index (χ2n) is 4.40. The summed E-state index contributed by atoms with van der Waals surface area (Å²) in [4.78, 5) is 0. The van der Waals surface area contributed by atoms with E-state index in [1.54, 1.807) is 0 Å². The van der Waals surface area contributed by atoms with E-state index in [1.807, 2.05) is 0 Å². The van der Waals surface area contributed by atoms with Gasteiger partial charge in [0.2, 0.25) is 0 Å². The zero-order chi connectivity index (χ0) is 9.80. The van der Waals surface area contributed by atoms with E-state index >= 15 is 0 Å². The average molecular weight is 189 g/mol. The fourth-order valence-corrected chi connectivity index (χ4v) is 2.16. The van der Waals surface area contributed by atoms with Crippen molar-refractivity contribution in [2.24, 2.45) is 5.92 Å². The van der Waals surface area contributed by atoms with Crippen molar-refractivity contribution in [2.75, 3.05) is 13.1 Å². The quantitative estimate of drug-likeness (QED) is 0.754. The highest BCUT2D eigenvalue weighted by molar-refractivity contribution is 5.21. The van der Waals surface area contributed by atoms with E-state index in [4.69, 9.17) is 0 Å². The summed E-state index contributed by atoms with van der Waals surface area (Å²) in [7, 11) is 0. The zero-order valence-corrected chi connectivity index (χ0v) is 8.92. The molecule has 1 aliphatic heterocycles. The van der Waals surface area contributed by atoms with Gasteiger partial charge in [0, 0.05) is 0 Å². The Morgan fingerprint density at radius 2 is 2.07 bits per heavy atom. The van der Waals surface area contributed by atoms with Gasteiger partial charge < -0.3 is 5.32 Å². The molecule has 1 fully saturated rings. The molecule has 1 heteroatoms. The Hall–Kier alpha value is -0.820. The highest BCUT2D eigenvalue weighted by atomic mass is 14.9. The second-order valence-corrected chi connectivity index (χ2v) is 4.40. The van der Waals surface area contributed by atoms with E-state index in [-0.39, 0.29) is 0 Å². The molecular weight excluding hydrogens is 170 g/mol. The molecule has 76 valence electrons. The predicted molar refractivity (Wildman–Crippen MR) is 60.5 cm³/mol. The van der Waals surface area contributed by atoms with Crippen LogP contribution in [0.25, 0.3) is 0 Å². The van der Waals surface area contributed by atoms with E-state index in [1.165, 1.54) is 43.5 Å². The number of nitrogens with one attached hydrogen (secondary N) is 1. The summed E-state index contributed by atoms with van der Waals surface area (Å²) in [5.74, 6) is 0.853. The smallest absolute Gasteiger partial charge is 0.00173 e. The third-order valence-corrected chi connectivity index (χ3v) is 3.04. The molecule has 0 saturated carbocycles. The van der Waals surface area contributed by atoms with Crippen LogP contribution in [-0.2, 0) is 6.42 Å². The van der Waals surface area contributed by atoms with Crippen LogP contribution in [0, 0.1) is 12.8 Å². The van der Waals surface area contributed by atoms with Crippen LogP contribution in [-0.4, -0.2) is 13.1 Å². The first-order valence-electron chi connectivity index (χ1n) is 5.61. The topological polar surface area (TPSA) is 12.0 Å². The van der Waals surface area contributed by atoms with Crippen LogP contribution in [0.5, 0.6) is 0 Å². The summed E-state index contributed by atoms with van der Waals surface area (Å²) in [6.07, 6.45) is 3.98. The number of aryl methyl sites for hydroxylation is 1. The van der Waals surface area contributed by atoms with Crippen molar-refractivity contribution < 1.29 is 0 Å². The van der Waals surface area contributed by atoms with Crippen molar-refractivity contribution in [3.05, 3.63) is 35.4 Å². The van der Waals surface area contributed by atoms with Crippen LogP contribution < -0.4 is 5.32 Å². The van der Waals surface area contributed by atoms with Gasteiger partial charge in [0.25, 0.3) is 0 Å². The molecule has 1 saturated heterocycles. The van der Waals surface area contributed by atoms with Crippen LogP contribution in [0.1, 0.15) is 24.0 Å². The van der Waals surface area contributed by atoms with Gasteiger partial charge in [-0.3, -0.25) is 0 Å². The molecule has 14 heavy (non-hydrogen) atoms. The van der Waals surface area contributed by atoms with Crippen molar-refractivity contribution >= 4 is 0 Å². The third kappa shape index (κ3) is 2.58. The fourth-order valence-electron chi connectivity index (χ4n) is 2.16. The molecule has 1 nitrogen and oxygen atoms in total. The van der Waals surface area contributed by atoms with Gasteiger partial charge >= 0.3 is 0 Å². The standard InChI is InChI=1S/C13H19N/c1-11-4-6-12(7-5-11)9-13-3-2-8-14-10-13/h4-7,13-14H,2-3,8-10H2,1H3. The Labute approximate surface area is 86.5 Å². The molecule has 1 N–H and O–H groups in total. The Bertz CT molecular complexity index is 270. The van der Waals surface area contributed by atoms with E-state index in [0.29, 0.717) is 0 Å². The van der Waals surface area contributed by atoms with Crippen molar-refractivity contribution in [2.45, 2.75) is 26.2 Å². The van der Waals surface area contributed by atoms with Crippen molar-refractivity contribution in [1.82, 2.24) is 5.32 Å². The van der Waals surface area contributed by atoms with Gasteiger partial charge in [-0.15, -0.1) is 0 Å². The molecular formula is C13H19N. The number of rotatable bonds is 2. The lowest BCUT2D eigenvalue weighted by Crippen LogP contribution is -2.30. The van der Waals surface area contributed by atoms with Gasteiger partial charge in [-0.2, -0.15) is 0 Å². The minimum Gasteiger partial charge on any atom is -0.316 e. The van der Waals surface area contributed by atoms with E-state index in [9.17, 15) is 0 Å². The maximum atomic E-state index is 3.47. The summed E-state index contributed by atoms with van der Waals surface area (Å²) in [5, 5.41) is 3.47. The minimum absolute atomic E-state index is 0.853. The summed E-state index contributed by atoms with van der Waals surface area (Å²) < 4.78 is 0. The first-order chi connectivity index (χ1) is 6.84. The Morgan fingerprint density at radius 1 is 1.29 bits per heavy atom. The first-order valence-corrected chi connectivity index (χ1v) is 5.61. The summed E-state index contributed by atoms with van der Waals surface area (Å²) in [5.41, 5.74) is 2.85. The maximum Gasteiger partial charge on any atom is -0.00173 e. The van der Waals surface area contributed by atoms with Crippen molar-refractivity contribution in [1.29, 1.82) is 0 Å². The highest BCUT2D eigenvalue weighted by Crippen LogP contribution is 2.16. The minimum atomic E-state index is 0.853. The average Bonchev–Trinajstić information content (AvgIpc) is 2.23. The van der Waals surface area contributed by atoms with E-state index < -0.39 is 0 Å². The van der Waals surface area contributed by atoms with Gasteiger partial charge in [0.15, 0.2) is 0 Å². The monoisotopic (exact) mass is 189 g/mol. The van der Waals surface area contributed by atoms with Gasteiger partial charge in [-0.25, -0.2) is 0 Å². The van der Waals surface area contributed by atoms with Gasteiger partial charge in [0.05, 0.1) is 0 Å². The maximum absolute atomic E-state index is 3.47. The van der Waals surface area contributed by atoms with Crippen LogP contribution in [0.3, 0.4) is 0 Å².